The monoisotopic (exact) mass is 465 g/mol. The van der Waals surface area contributed by atoms with E-state index in [0.717, 1.165) is 26.7 Å². The summed E-state index contributed by atoms with van der Waals surface area (Å²) in [6, 6.07) is 10.4. The van der Waals surface area contributed by atoms with E-state index in [1.54, 1.807) is 23.1 Å². The third-order valence-electron chi connectivity index (χ3n) is 5.09. The molecule has 0 saturated carbocycles. The van der Waals surface area contributed by atoms with Crippen LogP contribution in [0.5, 0.6) is 0 Å². The van der Waals surface area contributed by atoms with E-state index in [4.69, 9.17) is 0 Å². The number of piperidine rings is 1. The molecule has 1 aliphatic heterocycles. The van der Waals surface area contributed by atoms with Crippen LogP contribution in [0, 0.1) is 11.7 Å². The summed E-state index contributed by atoms with van der Waals surface area (Å²) in [7, 11) is -3.68. The Balaban J connectivity index is 1.39. The molecule has 0 aliphatic carbocycles. The van der Waals surface area contributed by atoms with E-state index < -0.39 is 15.8 Å². The minimum atomic E-state index is -3.68. The average molecular weight is 466 g/mol. The molecule has 1 fully saturated rings. The molecule has 30 heavy (non-hydrogen) atoms. The molecule has 3 aromatic rings. The molecule has 1 saturated heterocycles. The molecular formula is C20H20FN3O3S3. The molecule has 0 radical (unpaired) electrons. The molecule has 1 amide bonds. The SMILES string of the molecule is CSc1nc2ccc(NC(=O)C3CCN(S(=O)(=O)c4ccc(F)cc4)CC3)cc2s1. The van der Waals surface area contributed by atoms with Crippen LogP contribution in [0.25, 0.3) is 10.2 Å². The zero-order valence-corrected chi connectivity index (χ0v) is 18.6. The van der Waals surface area contributed by atoms with Gasteiger partial charge in [0.15, 0.2) is 4.34 Å². The molecular weight excluding hydrogens is 445 g/mol. The minimum absolute atomic E-state index is 0.0641. The molecule has 0 bridgehead atoms. The van der Waals surface area contributed by atoms with Gasteiger partial charge in [0.2, 0.25) is 15.9 Å². The molecule has 0 spiro atoms. The highest BCUT2D eigenvalue weighted by atomic mass is 32.2. The van der Waals surface area contributed by atoms with Gasteiger partial charge in [-0.1, -0.05) is 11.8 Å². The van der Waals surface area contributed by atoms with Crippen LogP contribution in [0.1, 0.15) is 12.8 Å². The number of hydrogen-bond donors (Lipinski definition) is 1. The van der Waals surface area contributed by atoms with Gasteiger partial charge in [-0.15, -0.1) is 11.3 Å². The van der Waals surface area contributed by atoms with Crippen molar-refractivity contribution in [2.45, 2.75) is 22.1 Å². The number of halogens is 1. The largest absolute Gasteiger partial charge is 0.326 e. The summed E-state index contributed by atoms with van der Waals surface area (Å²) in [5, 5.41) is 2.95. The standard InChI is InChI=1S/C20H20FN3O3S3/c1-28-20-23-17-7-4-15(12-18(17)29-20)22-19(25)13-8-10-24(11-9-13)30(26,27)16-5-2-14(21)3-6-16/h2-7,12-13H,8-11H2,1H3,(H,22,25). The second-order valence-corrected chi connectivity index (χ2v) is 11.0. The highest BCUT2D eigenvalue weighted by Gasteiger charge is 2.32. The molecule has 0 unspecified atom stereocenters. The number of carbonyl (C=O) groups excluding carboxylic acids is 1. The lowest BCUT2D eigenvalue weighted by Gasteiger charge is -2.30. The number of thiazole rings is 1. The summed E-state index contributed by atoms with van der Waals surface area (Å²) in [5.74, 6) is -0.850. The number of rotatable bonds is 5. The second kappa shape index (κ2) is 8.62. The molecule has 6 nitrogen and oxygen atoms in total. The highest BCUT2D eigenvalue weighted by molar-refractivity contribution is 8.00. The van der Waals surface area contributed by atoms with Crippen LogP contribution in [0.2, 0.25) is 0 Å². The first-order valence-corrected chi connectivity index (χ1v) is 12.9. The van der Waals surface area contributed by atoms with Crippen molar-refractivity contribution in [3.8, 4) is 0 Å². The topological polar surface area (TPSA) is 79.4 Å². The lowest BCUT2D eigenvalue weighted by molar-refractivity contribution is -0.120. The summed E-state index contributed by atoms with van der Waals surface area (Å²) < 4.78 is 41.9. The van der Waals surface area contributed by atoms with Crippen LogP contribution in [0.4, 0.5) is 10.1 Å². The molecule has 1 aliphatic rings. The van der Waals surface area contributed by atoms with Crippen LogP contribution in [0.15, 0.2) is 51.7 Å². The number of carbonyl (C=O) groups is 1. The maximum Gasteiger partial charge on any atom is 0.243 e. The average Bonchev–Trinajstić information content (AvgIpc) is 3.16. The Labute approximate surface area is 182 Å². The number of sulfonamides is 1. The maximum atomic E-state index is 13.1. The Hall–Kier alpha value is -2.01. The van der Waals surface area contributed by atoms with Gasteiger partial charge in [0.25, 0.3) is 0 Å². The predicted octanol–water partition coefficient (Wildman–Crippen LogP) is 4.20. The Kier molecular flexibility index (Phi) is 6.10. The summed E-state index contributed by atoms with van der Waals surface area (Å²) in [6.45, 7) is 0.505. The van der Waals surface area contributed by atoms with E-state index in [0.29, 0.717) is 18.5 Å². The van der Waals surface area contributed by atoms with Crippen LogP contribution in [0.3, 0.4) is 0 Å². The number of anilines is 1. The van der Waals surface area contributed by atoms with Crippen LogP contribution in [-0.2, 0) is 14.8 Å². The zero-order chi connectivity index (χ0) is 21.3. The van der Waals surface area contributed by atoms with Gasteiger partial charge in [-0.05, 0) is 61.6 Å². The third kappa shape index (κ3) is 4.36. The Morgan fingerprint density at radius 1 is 1.20 bits per heavy atom. The van der Waals surface area contributed by atoms with E-state index >= 15 is 0 Å². The van der Waals surface area contributed by atoms with Gasteiger partial charge in [0, 0.05) is 24.7 Å². The maximum absolute atomic E-state index is 13.1. The number of nitrogens with zero attached hydrogens (tertiary/aromatic N) is 2. The van der Waals surface area contributed by atoms with Crippen molar-refractivity contribution in [1.29, 1.82) is 0 Å². The molecule has 4 rings (SSSR count). The number of hydrogen-bond acceptors (Lipinski definition) is 6. The van der Waals surface area contributed by atoms with Crippen molar-refractivity contribution < 1.29 is 17.6 Å². The summed E-state index contributed by atoms with van der Waals surface area (Å²) in [5.41, 5.74) is 1.62. The van der Waals surface area contributed by atoms with Crippen LogP contribution < -0.4 is 5.32 Å². The number of thioether (sulfide) groups is 1. The van der Waals surface area contributed by atoms with Gasteiger partial charge in [-0.3, -0.25) is 4.79 Å². The van der Waals surface area contributed by atoms with Crippen molar-refractivity contribution in [1.82, 2.24) is 9.29 Å². The lowest BCUT2D eigenvalue weighted by Crippen LogP contribution is -2.41. The fraction of sp³-hybridized carbons (Fsp3) is 0.300. The number of nitrogens with one attached hydrogen (secondary N) is 1. The fourth-order valence-corrected chi connectivity index (χ4v) is 6.43. The van der Waals surface area contributed by atoms with Gasteiger partial charge in [0.1, 0.15) is 5.82 Å². The van der Waals surface area contributed by atoms with E-state index in [9.17, 15) is 17.6 Å². The number of benzene rings is 2. The third-order valence-corrected chi connectivity index (χ3v) is 9.00. The van der Waals surface area contributed by atoms with Gasteiger partial charge in [-0.25, -0.2) is 17.8 Å². The van der Waals surface area contributed by atoms with E-state index in [1.165, 1.54) is 16.4 Å². The van der Waals surface area contributed by atoms with Crippen molar-refractivity contribution in [2.75, 3.05) is 24.7 Å². The van der Waals surface area contributed by atoms with Gasteiger partial charge in [0.05, 0.1) is 15.1 Å². The summed E-state index contributed by atoms with van der Waals surface area (Å²) in [6.07, 6.45) is 2.85. The van der Waals surface area contributed by atoms with Gasteiger partial charge < -0.3 is 5.32 Å². The Morgan fingerprint density at radius 2 is 1.90 bits per heavy atom. The first-order valence-electron chi connectivity index (χ1n) is 9.38. The van der Waals surface area contributed by atoms with Crippen molar-refractivity contribution in [2.24, 2.45) is 5.92 Å². The van der Waals surface area contributed by atoms with E-state index in [-0.39, 0.29) is 29.8 Å². The molecule has 1 aromatic heterocycles. The van der Waals surface area contributed by atoms with Crippen molar-refractivity contribution in [3.63, 3.8) is 0 Å². The van der Waals surface area contributed by atoms with Crippen molar-refractivity contribution in [3.05, 3.63) is 48.3 Å². The molecule has 158 valence electrons. The molecule has 2 heterocycles. The minimum Gasteiger partial charge on any atom is -0.326 e. The first-order chi connectivity index (χ1) is 14.4. The molecule has 1 N–H and O–H groups in total. The molecule has 10 heteroatoms. The quantitative estimate of drug-likeness (QED) is 0.572. The van der Waals surface area contributed by atoms with Crippen molar-refractivity contribution >= 4 is 54.9 Å². The number of fused-ring (bicyclic) bond motifs is 1. The van der Waals surface area contributed by atoms with Gasteiger partial charge >= 0.3 is 0 Å². The summed E-state index contributed by atoms with van der Waals surface area (Å²) in [4.78, 5) is 17.2. The number of amides is 1. The fourth-order valence-electron chi connectivity index (χ4n) is 3.43. The highest BCUT2D eigenvalue weighted by Crippen LogP contribution is 2.31. The summed E-state index contributed by atoms with van der Waals surface area (Å²) >= 11 is 3.17. The van der Waals surface area contributed by atoms with Gasteiger partial charge in [-0.2, -0.15) is 4.31 Å². The Bertz CT molecular complexity index is 1170. The van der Waals surface area contributed by atoms with Crippen LogP contribution >= 0.6 is 23.1 Å². The Morgan fingerprint density at radius 3 is 2.57 bits per heavy atom. The lowest BCUT2D eigenvalue weighted by atomic mass is 9.97. The molecule has 0 atom stereocenters. The smallest absolute Gasteiger partial charge is 0.243 e. The predicted molar refractivity (Wildman–Crippen MR) is 118 cm³/mol. The van der Waals surface area contributed by atoms with E-state index in [1.807, 2.05) is 24.5 Å². The second-order valence-electron chi connectivity index (χ2n) is 6.99. The molecule has 2 aromatic carbocycles. The number of aromatic nitrogens is 1. The zero-order valence-electron chi connectivity index (χ0n) is 16.2. The first kappa shape index (κ1) is 21.2. The van der Waals surface area contributed by atoms with E-state index in [2.05, 4.69) is 10.3 Å². The van der Waals surface area contributed by atoms with Crippen LogP contribution in [-0.4, -0.2) is 43.0 Å². The normalized spacial score (nSPS) is 16.1.